The molecule has 5 rings (SSSR count). The van der Waals surface area contributed by atoms with Crippen molar-refractivity contribution in [1.29, 1.82) is 0 Å². The van der Waals surface area contributed by atoms with E-state index in [9.17, 15) is 4.79 Å². The summed E-state index contributed by atoms with van der Waals surface area (Å²) in [6.45, 7) is 1.76. The first-order valence-corrected chi connectivity index (χ1v) is 10.9. The Balaban J connectivity index is 1.61. The van der Waals surface area contributed by atoms with Crippen molar-refractivity contribution in [1.82, 2.24) is 4.98 Å². The highest BCUT2D eigenvalue weighted by Crippen LogP contribution is 2.43. The molecule has 30 heavy (non-hydrogen) atoms. The number of nitrogens with zero attached hydrogens (tertiary/aromatic N) is 1. The van der Waals surface area contributed by atoms with Crippen LogP contribution in [0.4, 0.5) is 0 Å². The number of pyridine rings is 1. The topological polar surface area (TPSA) is 59.4 Å². The number of fused-ring (bicyclic) bond motifs is 3. The molecule has 4 nitrogen and oxygen atoms in total. The van der Waals surface area contributed by atoms with Gasteiger partial charge in [-0.1, -0.05) is 29.8 Å². The van der Waals surface area contributed by atoms with E-state index in [0.717, 1.165) is 28.9 Å². The van der Waals surface area contributed by atoms with Gasteiger partial charge in [-0.25, -0.2) is 9.78 Å². The molecule has 1 aliphatic rings. The Hall–Kier alpha value is -3.18. The number of hydrogen-bond acceptors (Lipinski definition) is 4. The van der Waals surface area contributed by atoms with Crippen molar-refractivity contribution in [3.05, 3.63) is 70.6 Å². The second-order valence-corrected chi connectivity index (χ2v) is 8.75. The fraction of sp³-hybridized carbons (Fsp3) is 0.200. The van der Waals surface area contributed by atoms with E-state index >= 15 is 0 Å². The number of aromatic nitrogens is 1. The Bertz CT molecular complexity index is 1240. The molecule has 0 bridgehead atoms. The van der Waals surface area contributed by atoms with Crippen molar-refractivity contribution in [2.45, 2.75) is 26.2 Å². The van der Waals surface area contributed by atoms with E-state index in [1.165, 1.54) is 38.9 Å². The smallest absolute Gasteiger partial charge is 0.341 e. The molecule has 0 fully saturated rings. The number of hydrogen-bond donors (Lipinski definition) is 1. The number of carboxylic acid groups (broad SMARTS) is 1. The Labute approximate surface area is 178 Å². The molecular weight excluding hydrogens is 394 g/mol. The Kier molecular flexibility index (Phi) is 4.75. The molecule has 0 amide bonds. The van der Waals surface area contributed by atoms with Gasteiger partial charge < -0.3 is 9.84 Å². The van der Waals surface area contributed by atoms with Gasteiger partial charge in [0.2, 0.25) is 0 Å². The highest BCUT2D eigenvalue weighted by atomic mass is 32.1. The van der Waals surface area contributed by atoms with E-state index in [0.29, 0.717) is 5.75 Å². The maximum atomic E-state index is 10.7. The van der Waals surface area contributed by atoms with Crippen LogP contribution < -0.4 is 4.74 Å². The molecule has 2 aromatic carbocycles. The van der Waals surface area contributed by atoms with Crippen LogP contribution in [0.3, 0.4) is 0 Å². The zero-order valence-corrected chi connectivity index (χ0v) is 17.5. The summed E-state index contributed by atoms with van der Waals surface area (Å²) >= 11 is 1.82. The molecule has 0 saturated carbocycles. The van der Waals surface area contributed by atoms with Crippen molar-refractivity contribution in [3.63, 3.8) is 0 Å². The summed E-state index contributed by atoms with van der Waals surface area (Å²) in [4.78, 5) is 18.3. The lowest BCUT2D eigenvalue weighted by Gasteiger charge is -2.10. The number of carbonyl (C=O) groups is 1. The average molecular weight is 416 g/mol. The number of aryl methyl sites for hydroxylation is 3. The summed E-state index contributed by atoms with van der Waals surface area (Å²) in [6, 6.07) is 18.3. The molecule has 0 aliphatic heterocycles. The first-order valence-electron chi connectivity index (χ1n) is 10.1. The number of carboxylic acids is 1. The van der Waals surface area contributed by atoms with Crippen LogP contribution in [0, 0.1) is 6.92 Å². The van der Waals surface area contributed by atoms with Gasteiger partial charge in [0.05, 0.1) is 5.69 Å². The van der Waals surface area contributed by atoms with Gasteiger partial charge >= 0.3 is 5.97 Å². The molecule has 0 atom stereocenters. The van der Waals surface area contributed by atoms with Crippen LogP contribution in [-0.4, -0.2) is 22.7 Å². The molecule has 2 heterocycles. The van der Waals surface area contributed by atoms with Gasteiger partial charge in [0, 0.05) is 15.8 Å². The van der Waals surface area contributed by atoms with Gasteiger partial charge in [0.15, 0.2) is 6.61 Å². The van der Waals surface area contributed by atoms with Crippen LogP contribution in [0.2, 0.25) is 0 Å². The quantitative estimate of drug-likeness (QED) is 0.441. The summed E-state index contributed by atoms with van der Waals surface area (Å²) < 4.78 is 5.26. The second-order valence-electron chi connectivity index (χ2n) is 7.67. The molecule has 0 saturated heterocycles. The Morgan fingerprint density at radius 2 is 1.80 bits per heavy atom. The van der Waals surface area contributed by atoms with E-state index in [2.05, 4.69) is 37.3 Å². The summed E-state index contributed by atoms with van der Waals surface area (Å²) in [5, 5.41) is 10.1. The van der Waals surface area contributed by atoms with Crippen LogP contribution in [0.5, 0.6) is 5.75 Å². The maximum Gasteiger partial charge on any atom is 0.341 e. The van der Waals surface area contributed by atoms with E-state index in [-0.39, 0.29) is 6.61 Å². The molecule has 4 aromatic rings. The second kappa shape index (κ2) is 7.58. The molecule has 1 N–H and O–H groups in total. The number of aliphatic carboxylic acids is 1. The van der Waals surface area contributed by atoms with Gasteiger partial charge in [-0.05, 0) is 73.2 Å². The first kappa shape index (κ1) is 18.8. The fourth-order valence-electron chi connectivity index (χ4n) is 4.07. The van der Waals surface area contributed by atoms with E-state index < -0.39 is 5.97 Å². The van der Waals surface area contributed by atoms with Crippen LogP contribution in [0.25, 0.3) is 32.6 Å². The average Bonchev–Trinajstić information content (AvgIpc) is 3.33. The molecule has 0 radical (unpaired) electrons. The van der Waals surface area contributed by atoms with E-state index in [1.54, 1.807) is 12.1 Å². The van der Waals surface area contributed by atoms with Gasteiger partial charge in [0.1, 0.15) is 10.6 Å². The molecule has 2 aromatic heterocycles. The Morgan fingerprint density at radius 3 is 2.53 bits per heavy atom. The van der Waals surface area contributed by atoms with Crippen molar-refractivity contribution in [3.8, 4) is 28.1 Å². The number of ether oxygens (including phenoxy) is 1. The molecule has 5 heteroatoms. The minimum atomic E-state index is -0.986. The molecular formula is C25H21NO3S. The summed E-state index contributed by atoms with van der Waals surface area (Å²) in [7, 11) is 0. The van der Waals surface area contributed by atoms with Crippen molar-refractivity contribution >= 4 is 27.5 Å². The highest BCUT2D eigenvalue weighted by Gasteiger charge is 2.22. The van der Waals surface area contributed by atoms with Gasteiger partial charge in [-0.15, -0.1) is 11.3 Å². The standard InChI is InChI=1S/C25H21NO3S/c1-15-5-7-16(8-6-15)20-13-21(17-9-11-18(12-10-17)29-14-23(27)28)26-25-24(20)19-3-2-4-22(19)30-25/h5-13H,2-4,14H2,1H3,(H,27,28). The summed E-state index contributed by atoms with van der Waals surface area (Å²) in [5.41, 5.74) is 7.08. The fourth-order valence-corrected chi connectivity index (χ4v) is 5.36. The SMILES string of the molecule is Cc1ccc(-c2cc(-c3ccc(OCC(=O)O)cc3)nc3sc4c(c23)CCC4)cc1. The van der Waals surface area contributed by atoms with Gasteiger partial charge in [-0.3, -0.25) is 0 Å². The Morgan fingerprint density at radius 1 is 1.07 bits per heavy atom. The predicted octanol–water partition coefficient (Wildman–Crippen LogP) is 5.89. The number of benzene rings is 2. The molecule has 1 aliphatic carbocycles. The number of rotatable bonds is 5. The largest absolute Gasteiger partial charge is 0.482 e. The van der Waals surface area contributed by atoms with Crippen LogP contribution in [0.15, 0.2) is 54.6 Å². The summed E-state index contributed by atoms with van der Waals surface area (Å²) in [6.07, 6.45) is 3.50. The van der Waals surface area contributed by atoms with Crippen molar-refractivity contribution in [2.75, 3.05) is 6.61 Å². The van der Waals surface area contributed by atoms with E-state index in [4.69, 9.17) is 14.8 Å². The minimum absolute atomic E-state index is 0.345. The van der Waals surface area contributed by atoms with Crippen molar-refractivity contribution in [2.24, 2.45) is 0 Å². The minimum Gasteiger partial charge on any atom is -0.482 e. The van der Waals surface area contributed by atoms with Crippen LogP contribution in [0.1, 0.15) is 22.4 Å². The van der Waals surface area contributed by atoms with E-state index in [1.807, 2.05) is 23.5 Å². The van der Waals surface area contributed by atoms with Gasteiger partial charge in [0.25, 0.3) is 0 Å². The normalized spacial score (nSPS) is 12.8. The molecule has 0 spiro atoms. The van der Waals surface area contributed by atoms with Crippen LogP contribution >= 0.6 is 11.3 Å². The number of thiophene rings is 1. The molecule has 0 unspecified atom stereocenters. The van der Waals surface area contributed by atoms with Crippen molar-refractivity contribution < 1.29 is 14.6 Å². The lowest BCUT2D eigenvalue weighted by molar-refractivity contribution is -0.139. The lowest BCUT2D eigenvalue weighted by Crippen LogP contribution is -2.09. The third kappa shape index (κ3) is 3.46. The highest BCUT2D eigenvalue weighted by molar-refractivity contribution is 7.19. The third-order valence-corrected chi connectivity index (χ3v) is 6.74. The first-order chi connectivity index (χ1) is 14.6. The summed E-state index contributed by atoms with van der Waals surface area (Å²) in [5.74, 6) is -0.448. The lowest BCUT2D eigenvalue weighted by atomic mass is 9.97. The maximum absolute atomic E-state index is 10.7. The zero-order valence-electron chi connectivity index (χ0n) is 16.6. The van der Waals surface area contributed by atoms with Gasteiger partial charge in [-0.2, -0.15) is 0 Å². The monoisotopic (exact) mass is 415 g/mol. The molecule has 150 valence electrons. The van der Waals surface area contributed by atoms with Crippen LogP contribution in [-0.2, 0) is 17.6 Å². The zero-order chi connectivity index (χ0) is 20.7. The predicted molar refractivity (Wildman–Crippen MR) is 120 cm³/mol. The third-order valence-electron chi connectivity index (χ3n) is 5.55.